The van der Waals surface area contributed by atoms with Crippen molar-refractivity contribution in [1.29, 1.82) is 0 Å². The Morgan fingerprint density at radius 1 is 1.30 bits per heavy atom. The van der Waals surface area contributed by atoms with Crippen molar-refractivity contribution in [2.45, 2.75) is 18.4 Å². The Morgan fingerprint density at radius 2 is 2.00 bits per heavy atom. The molecule has 1 aliphatic rings. The summed E-state index contributed by atoms with van der Waals surface area (Å²) in [5, 5.41) is 22.1. The average Bonchev–Trinajstić information content (AvgIpc) is 2.67. The first-order chi connectivity index (χ1) is 12.9. The normalized spacial score (nSPS) is 16.7. The van der Waals surface area contributed by atoms with Gasteiger partial charge < -0.3 is 30.6 Å². The number of carbonyl (C=O) groups is 2. The second-order valence-corrected chi connectivity index (χ2v) is 6.18. The van der Waals surface area contributed by atoms with Crippen LogP contribution in [-0.4, -0.2) is 42.2 Å². The SMILES string of the molecule is COc1ccc(C(N)C(=O)NC2Cc3cccc(C(=O)O)c3OB2O)cc1. The van der Waals surface area contributed by atoms with Crippen molar-refractivity contribution >= 4 is 19.0 Å². The molecular formula is C18H19BN2O6. The maximum Gasteiger partial charge on any atom is 0.547 e. The van der Waals surface area contributed by atoms with Crippen molar-refractivity contribution in [2.75, 3.05) is 7.11 Å². The third kappa shape index (κ3) is 3.89. The number of nitrogens with one attached hydrogen (secondary N) is 1. The van der Waals surface area contributed by atoms with Crippen LogP contribution in [0.1, 0.15) is 27.5 Å². The third-order valence-electron chi connectivity index (χ3n) is 4.43. The second-order valence-electron chi connectivity index (χ2n) is 6.18. The molecule has 0 saturated carbocycles. The minimum Gasteiger partial charge on any atom is -0.534 e. The smallest absolute Gasteiger partial charge is 0.534 e. The fraction of sp³-hybridized carbons (Fsp3) is 0.222. The Hall–Kier alpha value is -3.04. The number of carboxylic acids is 1. The van der Waals surface area contributed by atoms with Crippen LogP contribution in [0.5, 0.6) is 11.5 Å². The number of hydrogen-bond acceptors (Lipinski definition) is 6. The molecule has 2 aromatic rings. The van der Waals surface area contributed by atoms with E-state index in [2.05, 4.69) is 5.32 Å². The summed E-state index contributed by atoms with van der Waals surface area (Å²) in [5.74, 6) is -1.62. The van der Waals surface area contributed by atoms with Crippen LogP contribution >= 0.6 is 0 Å². The van der Waals surface area contributed by atoms with E-state index in [9.17, 15) is 19.7 Å². The zero-order chi connectivity index (χ0) is 19.6. The Bertz CT molecular complexity index is 857. The molecule has 0 aliphatic carbocycles. The number of carboxylic acid groups (broad SMARTS) is 1. The Morgan fingerprint density at radius 3 is 2.63 bits per heavy atom. The summed E-state index contributed by atoms with van der Waals surface area (Å²) in [7, 11) is 0.157. The van der Waals surface area contributed by atoms with Gasteiger partial charge in [0, 0.05) is 0 Å². The standard InChI is InChI=1S/C18H19BN2O6/c1-26-12-7-5-10(6-8-12)15(20)17(22)21-14-9-11-3-2-4-13(18(23)24)16(11)27-19(14)25/h2-8,14-15,25H,9,20H2,1H3,(H,21,22)(H,23,24). The number of nitrogens with two attached hydrogens (primary N) is 1. The molecule has 8 nitrogen and oxygen atoms in total. The van der Waals surface area contributed by atoms with Crippen molar-refractivity contribution in [3.63, 3.8) is 0 Å². The zero-order valence-electron chi connectivity index (χ0n) is 14.6. The molecule has 0 spiro atoms. The second kappa shape index (κ2) is 7.69. The van der Waals surface area contributed by atoms with Gasteiger partial charge in [-0.25, -0.2) is 4.79 Å². The number of aromatic carboxylic acids is 1. The highest BCUT2D eigenvalue weighted by Crippen LogP contribution is 2.30. The van der Waals surface area contributed by atoms with Crippen LogP contribution in [0.25, 0.3) is 0 Å². The molecule has 9 heteroatoms. The molecule has 1 aliphatic heterocycles. The number of para-hydroxylation sites is 1. The first-order valence-corrected chi connectivity index (χ1v) is 8.30. The molecule has 0 saturated heterocycles. The molecular weight excluding hydrogens is 351 g/mol. The van der Waals surface area contributed by atoms with Crippen molar-refractivity contribution in [2.24, 2.45) is 5.73 Å². The molecule has 3 rings (SSSR count). The van der Waals surface area contributed by atoms with E-state index in [-0.39, 0.29) is 17.7 Å². The van der Waals surface area contributed by atoms with Crippen LogP contribution in [0, 0.1) is 0 Å². The maximum absolute atomic E-state index is 12.5. The third-order valence-corrected chi connectivity index (χ3v) is 4.43. The Balaban J connectivity index is 1.73. The lowest BCUT2D eigenvalue weighted by molar-refractivity contribution is -0.122. The summed E-state index contributed by atoms with van der Waals surface area (Å²) >= 11 is 0. The quantitative estimate of drug-likeness (QED) is 0.565. The van der Waals surface area contributed by atoms with Crippen LogP contribution in [0.15, 0.2) is 42.5 Å². The molecule has 140 valence electrons. The Kier molecular flexibility index (Phi) is 5.34. The molecule has 2 aromatic carbocycles. The van der Waals surface area contributed by atoms with Crippen LogP contribution in [0.4, 0.5) is 0 Å². The number of ether oxygens (including phenoxy) is 1. The number of rotatable bonds is 5. The van der Waals surface area contributed by atoms with Gasteiger partial charge in [-0.2, -0.15) is 0 Å². The number of hydrogen-bond donors (Lipinski definition) is 4. The predicted molar refractivity (Wildman–Crippen MR) is 97.6 cm³/mol. The van der Waals surface area contributed by atoms with E-state index in [0.29, 0.717) is 16.9 Å². The lowest BCUT2D eigenvalue weighted by Crippen LogP contribution is -2.54. The van der Waals surface area contributed by atoms with E-state index in [1.54, 1.807) is 43.5 Å². The first-order valence-electron chi connectivity index (χ1n) is 8.30. The largest absolute Gasteiger partial charge is 0.547 e. The molecule has 0 bridgehead atoms. The van der Waals surface area contributed by atoms with Gasteiger partial charge in [0.2, 0.25) is 5.91 Å². The lowest BCUT2D eigenvalue weighted by atomic mass is 9.72. The highest BCUT2D eigenvalue weighted by atomic mass is 16.5. The molecule has 0 fully saturated rings. The number of carbonyl (C=O) groups excluding carboxylic acids is 1. The zero-order valence-corrected chi connectivity index (χ0v) is 14.6. The van der Waals surface area contributed by atoms with E-state index in [1.165, 1.54) is 6.07 Å². The highest BCUT2D eigenvalue weighted by Gasteiger charge is 2.38. The number of fused-ring (bicyclic) bond motifs is 1. The molecule has 1 amide bonds. The summed E-state index contributed by atoms with van der Waals surface area (Å²) in [6, 6.07) is 10.5. The van der Waals surface area contributed by atoms with Crippen molar-refractivity contribution in [3.8, 4) is 11.5 Å². The first kappa shape index (κ1) is 18.7. The fourth-order valence-corrected chi connectivity index (χ4v) is 2.95. The number of methoxy groups -OCH3 is 1. The molecule has 27 heavy (non-hydrogen) atoms. The van der Waals surface area contributed by atoms with E-state index in [1.807, 2.05) is 0 Å². The number of amides is 1. The van der Waals surface area contributed by atoms with Crippen molar-refractivity contribution in [3.05, 3.63) is 59.2 Å². The van der Waals surface area contributed by atoms with Gasteiger partial charge in [0.25, 0.3) is 0 Å². The fourth-order valence-electron chi connectivity index (χ4n) is 2.95. The van der Waals surface area contributed by atoms with Gasteiger partial charge >= 0.3 is 13.1 Å². The van der Waals surface area contributed by atoms with Crippen LogP contribution in [0.2, 0.25) is 0 Å². The molecule has 0 aromatic heterocycles. The molecule has 1 heterocycles. The van der Waals surface area contributed by atoms with Gasteiger partial charge in [-0.15, -0.1) is 0 Å². The Labute approximate surface area is 156 Å². The van der Waals surface area contributed by atoms with E-state index in [0.717, 1.165) is 0 Å². The maximum atomic E-state index is 12.5. The number of benzene rings is 2. The monoisotopic (exact) mass is 370 g/mol. The van der Waals surface area contributed by atoms with Crippen LogP contribution < -0.4 is 20.4 Å². The molecule has 5 N–H and O–H groups in total. The summed E-state index contributed by atoms with van der Waals surface area (Å²) in [4.78, 5) is 23.7. The molecule has 2 unspecified atom stereocenters. The van der Waals surface area contributed by atoms with E-state index in [4.69, 9.17) is 15.1 Å². The summed E-state index contributed by atoms with van der Waals surface area (Å²) in [6.07, 6.45) is 0.221. The van der Waals surface area contributed by atoms with Gasteiger partial charge in [0.05, 0.1) is 18.6 Å². The highest BCUT2D eigenvalue weighted by molar-refractivity contribution is 6.47. The van der Waals surface area contributed by atoms with E-state index >= 15 is 0 Å². The predicted octanol–water partition coefficient (Wildman–Crippen LogP) is 0.533. The van der Waals surface area contributed by atoms with Crippen molar-refractivity contribution < 1.29 is 29.1 Å². The van der Waals surface area contributed by atoms with Gasteiger partial charge in [-0.1, -0.05) is 24.3 Å². The van der Waals surface area contributed by atoms with Gasteiger partial charge in [0.1, 0.15) is 17.5 Å². The average molecular weight is 370 g/mol. The minimum absolute atomic E-state index is 0.0359. The molecule has 2 atom stereocenters. The van der Waals surface area contributed by atoms with E-state index < -0.39 is 31.0 Å². The van der Waals surface area contributed by atoms with Gasteiger partial charge in [0.15, 0.2) is 0 Å². The minimum atomic E-state index is -1.38. The van der Waals surface area contributed by atoms with Crippen LogP contribution in [0.3, 0.4) is 0 Å². The topological polar surface area (TPSA) is 131 Å². The van der Waals surface area contributed by atoms with Crippen LogP contribution in [-0.2, 0) is 11.2 Å². The summed E-state index contributed by atoms with van der Waals surface area (Å²) in [6.45, 7) is 0. The molecule has 0 radical (unpaired) electrons. The van der Waals surface area contributed by atoms with Gasteiger partial charge in [-0.3, -0.25) is 4.79 Å². The summed E-state index contributed by atoms with van der Waals surface area (Å²) in [5.41, 5.74) is 7.14. The lowest BCUT2D eigenvalue weighted by Gasteiger charge is -2.29. The van der Waals surface area contributed by atoms with Gasteiger partial charge in [-0.05, 0) is 35.7 Å². The summed E-state index contributed by atoms with van der Waals surface area (Å²) < 4.78 is 10.4. The van der Waals surface area contributed by atoms with Crippen molar-refractivity contribution in [1.82, 2.24) is 5.32 Å².